The molecule has 3 rings (SSSR count). The van der Waals surface area contributed by atoms with Crippen molar-refractivity contribution in [2.24, 2.45) is 5.92 Å². The summed E-state index contributed by atoms with van der Waals surface area (Å²) < 4.78 is 0. The minimum Gasteiger partial charge on any atom is -0.343 e. The summed E-state index contributed by atoms with van der Waals surface area (Å²) in [5, 5.41) is 0.254. The lowest BCUT2D eigenvalue weighted by atomic mass is 10.1. The van der Waals surface area contributed by atoms with Crippen LogP contribution in [0, 0.1) is 5.92 Å². The van der Waals surface area contributed by atoms with Gasteiger partial charge in [0.1, 0.15) is 0 Å². The number of nitrogens with zero attached hydrogens (tertiary/aromatic N) is 4. The van der Waals surface area contributed by atoms with Gasteiger partial charge in [0.05, 0.1) is 0 Å². The van der Waals surface area contributed by atoms with Gasteiger partial charge in [-0.2, -0.15) is 15.0 Å². The molecule has 20 heavy (non-hydrogen) atoms. The summed E-state index contributed by atoms with van der Waals surface area (Å²) in [5.41, 5.74) is 1.40. The average Bonchev–Trinajstić information content (AvgIpc) is 3.18. The second kappa shape index (κ2) is 5.54. The number of hydrogen-bond acceptors (Lipinski definition) is 4. The van der Waals surface area contributed by atoms with Crippen molar-refractivity contribution in [1.82, 2.24) is 15.0 Å². The van der Waals surface area contributed by atoms with Crippen LogP contribution < -0.4 is 4.90 Å². The van der Waals surface area contributed by atoms with Crippen LogP contribution in [0.4, 0.5) is 5.95 Å². The van der Waals surface area contributed by atoms with E-state index in [9.17, 15) is 0 Å². The molecule has 0 radical (unpaired) electrons. The molecular weight excluding hydrogens is 295 g/mol. The average molecular weight is 309 g/mol. The van der Waals surface area contributed by atoms with Crippen molar-refractivity contribution in [2.75, 3.05) is 18.5 Å². The van der Waals surface area contributed by atoms with Crippen LogP contribution in [0.25, 0.3) is 0 Å². The van der Waals surface area contributed by atoms with E-state index in [4.69, 9.17) is 23.2 Å². The Kier molecular flexibility index (Phi) is 3.76. The first-order valence-electron chi connectivity index (χ1n) is 6.46. The number of anilines is 1. The molecule has 0 N–H and O–H groups in total. The maximum Gasteiger partial charge on any atom is 0.230 e. The third kappa shape index (κ3) is 3.02. The van der Waals surface area contributed by atoms with Crippen molar-refractivity contribution in [1.29, 1.82) is 0 Å². The van der Waals surface area contributed by atoms with Crippen LogP contribution in [-0.2, 0) is 0 Å². The molecule has 1 fully saturated rings. The fourth-order valence-electron chi connectivity index (χ4n) is 2.48. The molecule has 2 aromatic rings. The molecule has 104 valence electrons. The third-order valence-corrected chi connectivity index (χ3v) is 3.91. The zero-order valence-corrected chi connectivity index (χ0v) is 12.5. The van der Waals surface area contributed by atoms with E-state index in [1.54, 1.807) is 0 Å². The third-order valence-electron chi connectivity index (χ3n) is 3.57. The first kappa shape index (κ1) is 13.6. The number of halogens is 2. The number of hydrogen-bond donors (Lipinski definition) is 0. The van der Waals surface area contributed by atoms with Crippen LogP contribution >= 0.6 is 23.2 Å². The van der Waals surface area contributed by atoms with E-state index in [1.165, 1.54) is 12.0 Å². The van der Waals surface area contributed by atoms with Crippen molar-refractivity contribution in [3.05, 3.63) is 46.5 Å². The van der Waals surface area contributed by atoms with Crippen molar-refractivity contribution in [3.8, 4) is 0 Å². The van der Waals surface area contributed by atoms with Crippen LogP contribution in [0.3, 0.4) is 0 Å². The Morgan fingerprint density at radius 1 is 1.10 bits per heavy atom. The van der Waals surface area contributed by atoms with E-state index in [0.717, 1.165) is 6.54 Å². The highest BCUT2D eigenvalue weighted by Crippen LogP contribution is 2.47. The van der Waals surface area contributed by atoms with Gasteiger partial charge in [-0.1, -0.05) is 30.3 Å². The van der Waals surface area contributed by atoms with E-state index < -0.39 is 0 Å². The SMILES string of the molecule is CN(C[C@@H]1C[C@H]1c1ccccc1)c1nc(Cl)nc(Cl)n1. The number of aromatic nitrogens is 3. The van der Waals surface area contributed by atoms with Gasteiger partial charge in [-0.05, 0) is 47.0 Å². The van der Waals surface area contributed by atoms with Crippen LogP contribution in [-0.4, -0.2) is 28.5 Å². The standard InChI is InChI=1S/C14H14Cl2N4/c1-20(14-18-12(15)17-13(16)19-14)8-10-7-11(10)9-5-3-2-4-6-9/h2-6,10-11H,7-8H2,1H3/t10-,11-/m0/s1. The fraction of sp³-hybridized carbons (Fsp3) is 0.357. The van der Waals surface area contributed by atoms with Crippen molar-refractivity contribution in [3.63, 3.8) is 0 Å². The van der Waals surface area contributed by atoms with Gasteiger partial charge in [0.15, 0.2) is 0 Å². The summed E-state index contributed by atoms with van der Waals surface area (Å²) in [6.07, 6.45) is 1.20. The molecule has 0 aliphatic heterocycles. The van der Waals surface area contributed by atoms with Crippen LogP contribution in [0.2, 0.25) is 10.6 Å². The summed E-state index contributed by atoms with van der Waals surface area (Å²) in [4.78, 5) is 13.9. The van der Waals surface area contributed by atoms with Gasteiger partial charge in [-0.25, -0.2) is 0 Å². The summed E-state index contributed by atoms with van der Waals surface area (Å²) in [7, 11) is 1.95. The van der Waals surface area contributed by atoms with Crippen LogP contribution in [0.1, 0.15) is 17.9 Å². The highest BCUT2D eigenvalue weighted by molar-refractivity contribution is 6.31. The van der Waals surface area contributed by atoms with Gasteiger partial charge in [0.2, 0.25) is 16.5 Å². The van der Waals surface area contributed by atoms with E-state index in [2.05, 4.69) is 39.2 Å². The maximum absolute atomic E-state index is 5.80. The van der Waals surface area contributed by atoms with E-state index in [-0.39, 0.29) is 10.6 Å². The Labute approximate surface area is 127 Å². The van der Waals surface area contributed by atoms with E-state index in [0.29, 0.717) is 17.8 Å². The molecule has 1 heterocycles. The van der Waals surface area contributed by atoms with E-state index in [1.807, 2.05) is 18.0 Å². The van der Waals surface area contributed by atoms with Gasteiger partial charge in [0, 0.05) is 13.6 Å². The lowest BCUT2D eigenvalue weighted by molar-refractivity contribution is 0.739. The molecule has 6 heteroatoms. The highest BCUT2D eigenvalue weighted by atomic mass is 35.5. The highest BCUT2D eigenvalue weighted by Gasteiger charge is 2.39. The number of benzene rings is 1. The lowest BCUT2D eigenvalue weighted by Gasteiger charge is -2.16. The molecule has 1 aromatic heterocycles. The molecule has 0 spiro atoms. The fourth-order valence-corrected chi connectivity index (χ4v) is 2.83. The zero-order chi connectivity index (χ0) is 14.1. The smallest absolute Gasteiger partial charge is 0.230 e. The summed E-state index contributed by atoms with van der Waals surface area (Å²) in [6.45, 7) is 0.885. The predicted molar refractivity (Wildman–Crippen MR) is 80.4 cm³/mol. The lowest BCUT2D eigenvalue weighted by Crippen LogP contribution is -2.23. The molecule has 0 bridgehead atoms. The number of rotatable bonds is 4. The molecule has 0 amide bonds. The Morgan fingerprint density at radius 2 is 1.75 bits per heavy atom. The van der Waals surface area contributed by atoms with Gasteiger partial charge in [0.25, 0.3) is 0 Å². The predicted octanol–water partition coefficient (Wildman–Crippen LogP) is 3.42. The summed E-state index contributed by atoms with van der Waals surface area (Å²) in [5.74, 6) is 1.77. The molecule has 1 saturated carbocycles. The topological polar surface area (TPSA) is 41.9 Å². The molecule has 1 aliphatic rings. The molecule has 4 nitrogen and oxygen atoms in total. The Bertz CT molecular complexity index is 585. The molecule has 0 unspecified atom stereocenters. The molecular formula is C14H14Cl2N4. The quantitative estimate of drug-likeness (QED) is 0.868. The van der Waals surface area contributed by atoms with Crippen molar-refractivity contribution < 1.29 is 0 Å². The van der Waals surface area contributed by atoms with Crippen molar-refractivity contribution in [2.45, 2.75) is 12.3 Å². The van der Waals surface area contributed by atoms with E-state index >= 15 is 0 Å². The molecule has 1 aliphatic carbocycles. The first-order chi connectivity index (χ1) is 9.63. The minimum atomic E-state index is 0.127. The molecule has 0 saturated heterocycles. The Balaban J connectivity index is 1.65. The second-order valence-electron chi connectivity index (χ2n) is 5.07. The monoisotopic (exact) mass is 308 g/mol. The second-order valence-corrected chi connectivity index (χ2v) is 5.74. The minimum absolute atomic E-state index is 0.127. The molecule has 2 atom stereocenters. The van der Waals surface area contributed by atoms with Gasteiger partial charge in [-0.15, -0.1) is 0 Å². The first-order valence-corrected chi connectivity index (χ1v) is 7.22. The maximum atomic E-state index is 5.80. The van der Waals surface area contributed by atoms with Gasteiger partial charge in [-0.3, -0.25) is 0 Å². The van der Waals surface area contributed by atoms with Crippen LogP contribution in [0.15, 0.2) is 30.3 Å². The van der Waals surface area contributed by atoms with Gasteiger partial charge >= 0.3 is 0 Å². The Morgan fingerprint density at radius 3 is 2.40 bits per heavy atom. The normalized spacial score (nSPS) is 20.8. The summed E-state index contributed by atoms with van der Waals surface area (Å²) >= 11 is 11.6. The van der Waals surface area contributed by atoms with Crippen LogP contribution in [0.5, 0.6) is 0 Å². The summed E-state index contributed by atoms with van der Waals surface area (Å²) in [6, 6.07) is 10.6. The molecule has 1 aromatic carbocycles. The Hall–Kier alpha value is -1.39. The zero-order valence-electron chi connectivity index (χ0n) is 11.0. The van der Waals surface area contributed by atoms with Crippen molar-refractivity contribution >= 4 is 29.2 Å². The van der Waals surface area contributed by atoms with Gasteiger partial charge < -0.3 is 4.90 Å². The largest absolute Gasteiger partial charge is 0.343 e.